The fraction of sp³-hybridized carbons (Fsp3) is 0.550. The maximum atomic E-state index is 12.7. The molecule has 1 aliphatic rings. The lowest BCUT2D eigenvalue weighted by molar-refractivity contribution is 0.0526. The molecule has 0 amide bonds. The van der Waals surface area contributed by atoms with Crippen LogP contribution in [0.2, 0.25) is 0 Å². The molecule has 6 nitrogen and oxygen atoms in total. The van der Waals surface area contributed by atoms with Gasteiger partial charge < -0.3 is 15.4 Å². The van der Waals surface area contributed by atoms with Crippen LogP contribution in [0.4, 0.5) is 5.00 Å². The summed E-state index contributed by atoms with van der Waals surface area (Å²) in [5.41, 5.74) is 4.01. The third-order valence-corrected chi connectivity index (χ3v) is 6.61. The number of thiophene rings is 1. The van der Waals surface area contributed by atoms with Crippen LogP contribution >= 0.6 is 23.6 Å². The van der Waals surface area contributed by atoms with Gasteiger partial charge in [-0.3, -0.25) is 4.68 Å². The summed E-state index contributed by atoms with van der Waals surface area (Å²) in [7, 11) is 1.92. The number of aryl methyl sites for hydroxylation is 2. The molecule has 3 rings (SSSR count). The van der Waals surface area contributed by atoms with Crippen LogP contribution in [0, 0.1) is 6.92 Å². The molecule has 2 aromatic heterocycles. The highest BCUT2D eigenvalue weighted by Gasteiger charge is 2.25. The van der Waals surface area contributed by atoms with E-state index in [9.17, 15) is 4.79 Å². The molecular formula is C20H28N4O2S2. The monoisotopic (exact) mass is 420 g/mol. The van der Waals surface area contributed by atoms with Gasteiger partial charge in [0.25, 0.3) is 0 Å². The van der Waals surface area contributed by atoms with E-state index in [4.69, 9.17) is 17.0 Å². The van der Waals surface area contributed by atoms with E-state index in [1.165, 1.54) is 17.7 Å². The maximum Gasteiger partial charge on any atom is 0.341 e. The van der Waals surface area contributed by atoms with Gasteiger partial charge in [0.2, 0.25) is 0 Å². The van der Waals surface area contributed by atoms with E-state index in [1.807, 2.05) is 31.8 Å². The summed E-state index contributed by atoms with van der Waals surface area (Å²) in [6, 6.07) is 0. The van der Waals surface area contributed by atoms with E-state index < -0.39 is 0 Å². The van der Waals surface area contributed by atoms with Gasteiger partial charge in [0.05, 0.1) is 18.4 Å². The van der Waals surface area contributed by atoms with E-state index in [0.29, 0.717) is 23.8 Å². The van der Waals surface area contributed by atoms with Crippen LogP contribution in [0.3, 0.4) is 0 Å². The topological polar surface area (TPSA) is 68.2 Å². The molecule has 0 unspecified atom stereocenters. The Morgan fingerprint density at radius 3 is 2.75 bits per heavy atom. The molecule has 0 atom stereocenters. The highest BCUT2D eigenvalue weighted by Crippen LogP contribution is 2.37. The second kappa shape index (κ2) is 9.52. The Kier molecular flexibility index (Phi) is 7.07. The Bertz CT molecular complexity index is 857. The molecule has 28 heavy (non-hydrogen) atoms. The molecular weight excluding hydrogens is 392 g/mol. The summed E-state index contributed by atoms with van der Waals surface area (Å²) in [6.07, 6.45) is 8.52. The fourth-order valence-electron chi connectivity index (χ4n) is 3.47. The number of nitrogens with one attached hydrogen (secondary N) is 2. The van der Waals surface area contributed by atoms with Crippen molar-refractivity contribution in [2.45, 2.75) is 58.9 Å². The minimum Gasteiger partial charge on any atom is -0.462 e. The van der Waals surface area contributed by atoms with E-state index >= 15 is 0 Å². The summed E-state index contributed by atoms with van der Waals surface area (Å²) < 4.78 is 7.19. The molecule has 0 saturated heterocycles. The van der Waals surface area contributed by atoms with E-state index in [1.54, 1.807) is 11.3 Å². The van der Waals surface area contributed by atoms with Crippen molar-refractivity contribution in [3.63, 3.8) is 0 Å². The summed E-state index contributed by atoms with van der Waals surface area (Å²) in [5, 5.41) is 12.0. The Labute approximate surface area is 175 Å². The first-order valence-corrected chi connectivity index (χ1v) is 11.1. The molecule has 0 aromatic carbocycles. The van der Waals surface area contributed by atoms with Gasteiger partial charge >= 0.3 is 5.97 Å². The first-order chi connectivity index (χ1) is 13.5. The lowest BCUT2D eigenvalue weighted by atomic mass is 9.96. The summed E-state index contributed by atoms with van der Waals surface area (Å²) in [4.78, 5) is 14.0. The number of ether oxygens (including phenoxy) is 1. The van der Waals surface area contributed by atoms with Crippen LogP contribution in [-0.4, -0.2) is 27.5 Å². The molecule has 0 fully saturated rings. The molecule has 1 aliphatic carbocycles. The number of esters is 1. The first kappa shape index (κ1) is 20.8. The minimum absolute atomic E-state index is 0.256. The van der Waals surface area contributed by atoms with Gasteiger partial charge in [0.15, 0.2) is 5.11 Å². The Morgan fingerprint density at radius 2 is 2.07 bits per heavy atom. The van der Waals surface area contributed by atoms with Gasteiger partial charge in [0, 0.05) is 29.7 Å². The highest BCUT2D eigenvalue weighted by atomic mass is 32.1. The van der Waals surface area contributed by atoms with Crippen LogP contribution in [-0.2, 0) is 31.2 Å². The van der Waals surface area contributed by atoms with Crippen molar-refractivity contribution in [1.29, 1.82) is 0 Å². The number of hydrogen-bond acceptors (Lipinski definition) is 5. The largest absolute Gasteiger partial charge is 0.462 e. The molecule has 0 spiro atoms. The second-order valence-electron chi connectivity index (χ2n) is 7.03. The average Bonchev–Trinajstić information content (AvgIpc) is 3.13. The van der Waals surface area contributed by atoms with Crippen LogP contribution in [0.15, 0.2) is 6.20 Å². The molecule has 0 saturated carbocycles. The van der Waals surface area contributed by atoms with Crippen molar-refractivity contribution in [3.8, 4) is 0 Å². The third-order valence-electron chi connectivity index (χ3n) is 5.15. The number of carbonyl (C=O) groups is 1. The standard InChI is InChI=1S/C20H28N4O2S2/c1-4-26-19(25)17-15-9-7-5-6-8-10-16(15)28-18(17)23-20(27)21-11-14-12-22-24(3)13(14)2/h12H,4-11H2,1-3H3,(H2,21,23,27). The Morgan fingerprint density at radius 1 is 1.32 bits per heavy atom. The van der Waals surface area contributed by atoms with Gasteiger partial charge in [0.1, 0.15) is 5.00 Å². The average molecular weight is 421 g/mol. The number of fused-ring (bicyclic) bond motifs is 1. The number of aromatic nitrogens is 2. The van der Waals surface area contributed by atoms with Crippen molar-refractivity contribution >= 4 is 39.6 Å². The van der Waals surface area contributed by atoms with Crippen molar-refractivity contribution in [3.05, 3.63) is 33.5 Å². The van der Waals surface area contributed by atoms with Crippen LogP contribution in [0.1, 0.15) is 64.7 Å². The van der Waals surface area contributed by atoms with Crippen molar-refractivity contribution in [2.75, 3.05) is 11.9 Å². The van der Waals surface area contributed by atoms with E-state index in [-0.39, 0.29) is 5.97 Å². The zero-order valence-electron chi connectivity index (χ0n) is 16.8. The normalized spacial score (nSPS) is 14.0. The van der Waals surface area contributed by atoms with Crippen molar-refractivity contribution in [1.82, 2.24) is 15.1 Å². The summed E-state index contributed by atoms with van der Waals surface area (Å²) in [5.74, 6) is -0.256. The summed E-state index contributed by atoms with van der Waals surface area (Å²) >= 11 is 7.14. The molecule has 2 aromatic rings. The predicted octanol–water partition coefficient (Wildman–Crippen LogP) is 4.11. The fourth-order valence-corrected chi connectivity index (χ4v) is 4.99. The third kappa shape index (κ3) is 4.72. The number of rotatable bonds is 5. The zero-order valence-corrected chi connectivity index (χ0v) is 18.4. The van der Waals surface area contributed by atoms with Gasteiger partial charge in [-0.05, 0) is 57.3 Å². The van der Waals surface area contributed by atoms with E-state index in [0.717, 1.165) is 47.5 Å². The molecule has 152 valence electrons. The number of carbonyl (C=O) groups excluding carboxylic acids is 1. The van der Waals surface area contributed by atoms with Crippen molar-refractivity contribution in [2.24, 2.45) is 7.05 Å². The Hall–Kier alpha value is -1.93. The van der Waals surface area contributed by atoms with Crippen LogP contribution in [0.5, 0.6) is 0 Å². The molecule has 8 heteroatoms. The minimum atomic E-state index is -0.256. The highest BCUT2D eigenvalue weighted by molar-refractivity contribution is 7.80. The zero-order chi connectivity index (χ0) is 20.1. The number of thiocarbonyl (C=S) groups is 1. The quantitative estimate of drug-likeness (QED) is 0.560. The lowest BCUT2D eigenvalue weighted by Gasteiger charge is -2.12. The molecule has 0 bridgehead atoms. The SMILES string of the molecule is CCOC(=O)c1c(NC(=S)NCc2cnn(C)c2C)sc2c1CCCCCC2. The number of nitrogens with zero attached hydrogens (tertiary/aromatic N) is 2. The van der Waals surface area contributed by atoms with Crippen molar-refractivity contribution < 1.29 is 9.53 Å². The molecule has 0 aliphatic heterocycles. The van der Waals surface area contributed by atoms with E-state index in [2.05, 4.69) is 15.7 Å². The first-order valence-electron chi connectivity index (χ1n) is 9.85. The lowest BCUT2D eigenvalue weighted by Crippen LogP contribution is -2.28. The Balaban J connectivity index is 1.77. The van der Waals surface area contributed by atoms with Gasteiger partial charge in [-0.15, -0.1) is 11.3 Å². The maximum absolute atomic E-state index is 12.7. The van der Waals surface area contributed by atoms with Crippen LogP contribution < -0.4 is 10.6 Å². The molecule has 2 N–H and O–H groups in total. The van der Waals surface area contributed by atoms with Crippen LogP contribution in [0.25, 0.3) is 0 Å². The number of hydrogen-bond donors (Lipinski definition) is 2. The smallest absolute Gasteiger partial charge is 0.341 e. The summed E-state index contributed by atoms with van der Waals surface area (Å²) in [6.45, 7) is 4.82. The number of anilines is 1. The predicted molar refractivity (Wildman–Crippen MR) is 117 cm³/mol. The van der Waals surface area contributed by atoms with Gasteiger partial charge in [-0.25, -0.2) is 4.79 Å². The molecule has 2 heterocycles. The second-order valence-corrected chi connectivity index (χ2v) is 8.54. The van der Waals surface area contributed by atoms with Gasteiger partial charge in [-0.2, -0.15) is 5.10 Å². The molecule has 0 radical (unpaired) electrons. The van der Waals surface area contributed by atoms with Gasteiger partial charge in [-0.1, -0.05) is 12.8 Å².